The van der Waals surface area contributed by atoms with Gasteiger partial charge in [0.1, 0.15) is 11.8 Å². The Bertz CT molecular complexity index is 427. The zero-order valence-electron chi connectivity index (χ0n) is 9.57. The molecule has 0 saturated carbocycles. The van der Waals surface area contributed by atoms with Crippen molar-refractivity contribution in [3.05, 3.63) is 22.8 Å². The third-order valence-corrected chi connectivity index (χ3v) is 2.58. The van der Waals surface area contributed by atoms with Crippen molar-refractivity contribution >= 4 is 5.91 Å². The number of allylic oxidation sites excluding steroid dienone is 2. The highest BCUT2D eigenvalue weighted by Crippen LogP contribution is 2.35. The number of nitriles is 1. The molecule has 1 heterocycles. The molecular formula is C11H15N3O2. The molecule has 0 saturated heterocycles. The van der Waals surface area contributed by atoms with Gasteiger partial charge in [-0.25, -0.2) is 0 Å². The molecule has 0 aliphatic carbocycles. The first-order valence-electron chi connectivity index (χ1n) is 4.98. The number of amides is 1. The van der Waals surface area contributed by atoms with E-state index in [2.05, 4.69) is 0 Å². The second-order valence-corrected chi connectivity index (χ2v) is 4.05. The summed E-state index contributed by atoms with van der Waals surface area (Å²) in [7, 11) is 0. The second-order valence-electron chi connectivity index (χ2n) is 4.05. The zero-order valence-corrected chi connectivity index (χ0v) is 9.57. The van der Waals surface area contributed by atoms with Gasteiger partial charge in [0.05, 0.1) is 11.1 Å². The number of nitrogens with two attached hydrogens (primary N) is 2. The summed E-state index contributed by atoms with van der Waals surface area (Å²) in [5, 5.41) is 9.02. The fourth-order valence-electron chi connectivity index (χ4n) is 1.91. The average molecular weight is 221 g/mol. The van der Waals surface area contributed by atoms with E-state index in [0.717, 1.165) is 0 Å². The topological polar surface area (TPSA) is 102 Å². The average Bonchev–Trinajstić information content (AvgIpc) is 2.15. The highest BCUT2D eigenvalue weighted by atomic mass is 16.5. The molecule has 1 atom stereocenters. The molecule has 0 radical (unpaired) electrons. The van der Waals surface area contributed by atoms with E-state index in [-0.39, 0.29) is 23.3 Å². The molecule has 5 heteroatoms. The minimum absolute atomic E-state index is 0.0505. The Morgan fingerprint density at radius 2 is 2.12 bits per heavy atom. The molecular weight excluding hydrogens is 206 g/mol. The molecule has 0 spiro atoms. The van der Waals surface area contributed by atoms with E-state index in [1.54, 1.807) is 6.92 Å². The Morgan fingerprint density at radius 3 is 2.50 bits per heavy atom. The molecule has 1 unspecified atom stereocenters. The predicted octanol–water partition coefficient (Wildman–Crippen LogP) is 0.742. The van der Waals surface area contributed by atoms with Crippen molar-refractivity contribution in [2.45, 2.75) is 20.8 Å². The highest BCUT2D eigenvalue weighted by molar-refractivity contribution is 5.94. The summed E-state index contributed by atoms with van der Waals surface area (Å²) in [6, 6.07) is 1.98. The summed E-state index contributed by atoms with van der Waals surface area (Å²) >= 11 is 0. The smallest absolute Gasteiger partial charge is 0.248 e. The van der Waals surface area contributed by atoms with Crippen LogP contribution in [0.5, 0.6) is 0 Å². The first-order valence-corrected chi connectivity index (χ1v) is 4.98. The number of hydrogen-bond donors (Lipinski definition) is 2. The lowest BCUT2D eigenvalue weighted by Gasteiger charge is -2.28. The summed E-state index contributed by atoms with van der Waals surface area (Å²) in [6.07, 6.45) is 0. The maximum atomic E-state index is 11.4. The number of carbonyl (C=O) groups is 1. The Balaban J connectivity index is 3.34. The minimum atomic E-state index is -0.573. The van der Waals surface area contributed by atoms with Crippen LogP contribution in [0.15, 0.2) is 22.8 Å². The Morgan fingerprint density at radius 1 is 1.56 bits per heavy atom. The number of ether oxygens (including phenoxy) is 1. The summed E-state index contributed by atoms with van der Waals surface area (Å²) in [4.78, 5) is 11.4. The van der Waals surface area contributed by atoms with Gasteiger partial charge in [0.15, 0.2) is 0 Å². The van der Waals surface area contributed by atoms with Gasteiger partial charge in [-0.15, -0.1) is 0 Å². The van der Waals surface area contributed by atoms with Crippen LogP contribution in [0.2, 0.25) is 0 Å². The van der Waals surface area contributed by atoms with E-state index in [1.807, 2.05) is 19.9 Å². The molecule has 0 aromatic rings. The van der Waals surface area contributed by atoms with Gasteiger partial charge in [0.2, 0.25) is 11.8 Å². The standard InChI is InChI=1S/C11H15N3O2/c1-5(2)8-7(4-12)11(14)16-6(3)9(8)10(13)15/h5,8H,14H2,1-3H3,(H2,13,15). The molecule has 1 rings (SSSR count). The van der Waals surface area contributed by atoms with E-state index in [0.29, 0.717) is 11.3 Å². The van der Waals surface area contributed by atoms with Crippen LogP contribution >= 0.6 is 0 Å². The summed E-state index contributed by atoms with van der Waals surface area (Å²) in [6.45, 7) is 5.42. The van der Waals surface area contributed by atoms with E-state index in [4.69, 9.17) is 21.5 Å². The molecule has 0 aromatic heterocycles. The van der Waals surface area contributed by atoms with Crippen molar-refractivity contribution in [3.8, 4) is 6.07 Å². The Hall–Kier alpha value is -1.96. The SMILES string of the molecule is CC1=C(C(N)=O)C(C(C)C)C(C#N)=C(N)O1. The van der Waals surface area contributed by atoms with Crippen LogP contribution in [0.3, 0.4) is 0 Å². The number of rotatable bonds is 2. The van der Waals surface area contributed by atoms with Crippen LogP contribution in [-0.4, -0.2) is 5.91 Å². The van der Waals surface area contributed by atoms with Crippen LogP contribution in [0.1, 0.15) is 20.8 Å². The second kappa shape index (κ2) is 4.27. The van der Waals surface area contributed by atoms with Crippen LogP contribution in [0, 0.1) is 23.2 Å². The molecule has 86 valence electrons. The van der Waals surface area contributed by atoms with E-state index >= 15 is 0 Å². The van der Waals surface area contributed by atoms with E-state index < -0.39 is 5.91 Å². The van der Waals surface area contributed by atoms with Gasteiger partial charge in [-0.1, -0.05) is 13.8 Å². The van der Waals surface area contributed by atoms with Crippen molar-refractivity contribution in [1.82, 2.24) is 0 Å². The van der Waals surface area contributed by atoms with Crippen molar-refractivity contribution in [1.29, 1.82) is 5.26 Å². The fourth-order valence-corrected chi connectivity index (χ4v) is 1.91. The predicted molar refractivity (Wildman–Crippen MR) is 58.1 cm³/mol. The molecule has 0 fully saturated rings. The largest absolute Gasteiger partial charge is 0.445 e. The molecule has 4 N–H and O–H groups in total. The van der Waals surface area contributed by atoms with Crippen molar-refractivity contribution in [3.63, 3.8) is 0 Å². The molecule has 16 heavy (non-hydrogen) atoms. The molecule has 5 nitrogen and oxygen atoms in total. The number of nitrogens with zero attached hydrogens (tertiary/aromatic N) is 1. The zero-order chi connectivity index (χ0) is 12.5. The maximum absolute atomic E-state index is 11.4. The Labute approximate surface area is 94.4 Å². The lowest BCUT2D eigenvalue weighted by Crippen LogP contribution is -2.31. The normalized spacial score (nSPS) is 20.8. The number of hydrogen-bond acceptors (Lipinski definition) is 4. The first-order chi connectivity index (χ1) is 7.40. The van der Waals surface area contributed by atoms with Crippen molar-refractivity contribution in [2.75, 3.05) is 0 Å². The minimum Gasteiger partial charge on any atom is -0.445 e. The van der Waals surface area contributed by atoms with Gasteiger partial charge in [-0.2, -0.15) is 5.26 Å². The van der Waals surface area contributed by atoms with Gasteiger partial charge in [0.25, 0.3) is 0 Å². The van der Waals surface area contributed by atoms with Crippen LogP contribution < -0.4 is 11.5 Å². The lowest BCUT2D eigenvalue weighted by molar-refractivity contribution is -0.115. The molecule has 0 aromatic carbocycles. The highest BCUT2D eigenvalue weighted by Gasteiger charge is 2.34. The quantitative estimate of drug-likeness (QED) is 0.717. The molecule has 0 bridgehead atoms. The Kier molecular flexibility index (Phi) is 3.23. The third kappa shape index (κ3) is 1.87. The lowest BCUT2D eigenvalue weighted by atomic mass is 9.80. The summed E-state index contributed by atoms with van der Waals surface area (Å²) in [5.74, 6) is -0.464. The van der Waals surface area contributed by atoms with Crippen molar-refractivity contribution in [2.24, 2.45) is 23.3 Å². The molecule has 1 aliphatic heterocycles. The number of carbonyl (C=O) groups excluding carboxylic acids is 1. The van der Waals surface area contributed by atoms with Gasteiger partial charge in [0, 0.05) is 5.92 Å². The van der Waals surface area contributed by atoms with Gasteiger partial charge in [-0.05, 0) is 12.8 Å². The monoisotopic (exact) mass is 221 g/mol. The summed E-state index contributed by atoms with van der Waals surface area (Å²) < 4.78 is 5.16. The van der Waals surface area contributed by atoms with Gasteiger partial charge in [-0.3, -0.25) is 4.79 Å². The van der Waals surface area contributed by atoms with Crippen LogP contribution in [0.25, 0.3) is 0 Å². The van der Waals surface area contributed by atoms with E-state index in [9.17, 15) is 4.79 Å². The van der Waals surface area contributed by atoms with E-state index in [1.165, 1.54) is 0 Å². The summed E-state index contributed by atoms with van der Waals surface area (Å²) in [5.41, 5.74) is 11.5. The van der Waals surface area contributed by atoms with Crippen molar-refractivity contribution < 1.29 is 9.53 Å². The third-order valence-electron chi connectivity index (χ3n) is 2.58. The first kappa shape index (κ1) is 12.1. The van der Waals surface area contributed by atoms with Crippen LogP contribution in [-0.2, 0) is 9.53 Å². The fraction of sp³-hybridized carbons (Fsp3) is 0.455. The molecule has 1 aliphatic rings. The number of primary amides is 1. The van der Waals surface area contributed by atoms with Gasteiger partial charge < -0.3 is 16.2 Å². The maximum Gasteiger partial charge on any atom is 0.248 e. The molecule has 1 amide bonds. The van der Waals surface area contributed by atoms with Crippen LogP contribution in [0.4, 0.5) is 0 Å². The van der Waals surface area contributed by atoms with Gasteiger partial charge >= 0.3 is 0 Å².